The van der Waals surface area contributed by atoms with Gasteiger partial charge in [0.1, 0.15) is 6.10 Å². The van der Waals surface area contributed by atoms with Gasteiger partial charge in [0.25, 0.3) is 0 Å². The first-order valence-electron chi connectivity index (χ1n) is 7.69. The van der Waals surface area contributed by atoms with E-state index in [9.17, 15) is 5.11 Å². The highest BCUT2D eigenvalue weighted by Gasteiger charge is 2.41. The Balaban J connectivity index is 1.96. The molecule has 0 saturated heterocycles. The van der Waals surface area contributed by atoms with Gasteiger partial charge in [0.05, 0.1) is 25.4 Å². The molecular weight excluding hydrogens is 244 g/mol. The van der Waals surface area contributed by atoms with Crippen LogP contribution in [0.25, 0.3) is 0 Å². The minimum atomic E-state index is -0.369. The molecule has 3 unspecified atom stereocenters. The fraction of sp³-hybridized carbons (Fsp3) is 1.00. The highest BCUT2D eigenvalue weighted by molar-refractivity contribution is 4.92. The van der Waals surface area contributed by atoms with Crippen LogP contribution in [0.15, 0.2) is 0 Å². The van der Waals surface area contributed by atoms with Gasteiger partial charge in [-0.15, -0.1) is 0 Å². The summed E-state index contributed by atoms with van der Waals surface area (Å²) >= 11 is 0. The first-order valence-corrected chi connectivity index (χ1v) is 7.69. The molecule has 4 nitrogen and oxygen atoms in total. The first kappa shape index (κ1) is 16.9. The molecule has 3 atom stereocenters. The summed E-state index contributed by atoms with van der Waals surface area (Å²) in [7, 11) is 1.65. The second-order valence-electron chi connectivity index (χ2n) is 5.31. The SMILES string of the molecule is CCCCCCCCOC1CC(O)C1OCCOC. The third-order valence-corrected chi connectivity index (χ3v) is 3.65. The predicted molar refractivity (Wildman–Crippen MR) is 75.4 cm³/mol. The topological polar surface area (TPSA) is 47.9 Å². The molecule has 1 N–H and O–H groups in total. The minimum Gasteiger partial charge on any atom is -0.390 e. The maximum absolute atomic E-state index is 9.63. The highest BCUT2D eigenvalue weighted by atomic mass is 16.6. The fourth-order valence-corrected chi connectivity index (χ4v) is 2.32. The zero-order valence-corrected chi connectivity index (χ0v) is 12.5. The molecule has 1 rings (SSSR count). The van der Waals surface area contributed by atoms with Gasteiger partial charge in [-0.2, -0.15) is 0 Å². The summed E-state index contributed by atoms with van der Waals surface area (Å²) in [4.78, 5) is 0. The van der Waals surface area contributed by atoms with E-state index in [1.807, 2.05) is 0 Å². The summed E-state index contributed by atoms with van der Waals surface area (Å²) in [6, 6.07) is 0. The molecule has 0 radical (unpaired) electrons. The summed E-state index contributed by atoms with van der Waals surface area (Å²) in [6.07, 6.45) is 7.87. The van der Waals surface area contributed by atoms with Crippen molar-refractivity contribution in [1.29, 1.82) is 0 Å². The van der Waals surface area contributed by atoms with Gasteiger partial charge in [-0.25, -0.2) is 0 Å². The number of hydrogen-bond donors (Lipinski definition) is 1. The molecular formula is C15H30O4. The van der Waals surface area contributed by atoms with E-state index in [-0.39, 0.29) is 18.3 Å². The molecule has 0 aromatic heterocycles. The van der Waals surface area contributed by atoms with E-state index in [1.54, 1.807) is 7.11 Å². The Morgan fingerprint density at radius 3 is 2.37 bits per heavy atom. The smallest absolute Gasteiger partial charge is 0.110 e. The molecule has 0 aliphatic heterocycles. The van der Waals surface area contributed by atoms with Crippen molar-refractivity contribution >= 4 is 0 Å². The number of ether oxygens (including phenoxy) is 3. The molecule has 4 heteroatoms. The first-order chi connectivity index (χ1) is 9.29. The number of hydrogen-bond acceptors (Lipinski definition) is 4. The molecule has 1 fully saturated rings. The van der Waals surface area contributed by atoms with E-state index in [1.165, 1.54) is 32.1 Å². The van der Waals surface area contributed by atoms with Gasteiger partial charge < -0.3 is 19.3 Å². The maximum atomic E-state index is 9.63. The van der Waals surface area contributed by atoms with Gasteiger partial charge in [-0.1, -0.05) is 39.0 Å². The number of unbranched alkanes of at least 4 members (excludes halogenated alkanes) is 5. The molecule has 1 aliphatic carbocycles. The van der Waals surface area contributed by atoms with Crippen molar-refractivity contribution in [2.75, 3.05) is 26.9 Å². The van der Waals surface area contributed by atoms with Crippen LogP contribution in [-0.4, -0.2) is 50.3 Å². The van der Waals surface area contributed by atoms with Crippen LogP contribution in [-0.2, 0) is 14.2 Å². The standard InChI is InChI=1S/C15H30O4/c1-3-4-5-6-7-8-9-18-14-12-13(16)15(14)19-11-10-17-2/h13-16H,3-12H2,1-2H3. The summed E-state index contributed by atoms with van der Waals surface area (Å²) in [5, 5.41) is 9.63. The van der Waals surface area contributed by atoms with Crippen LogP contribution in [0.1, 0.15) is 51.9 Å². The van der Waals surface area contributed by atoms with Gasteiger partial charge in [-0.05, 0) is 6.42 Å². The Kier molecular flexibility index (Phi) is 9.43. The molecule has 0 spiro atoms. The second kappa shape index (κ2) is 10.6. The summed E-state index contributed by atoms with van der Waals surface area (Å²) in [6.45, 7) is 4.10. The molecule has 114 valence electrons. The van der Waals surface area contributed by atoms with E-state index < -0.39 is 0 Å². The van der Waals surface area contributed by atoms with E-state index in [0.29, 0.717) is 19.6 Å². The zero-order valence-electron chi connectivity index (χ0n) is 12.5. The Morgan fingerprint density at radius 2 is 1.68 bits per heavy atom. The number of methoxy groups -OCH3 is 1. The highest BCUT2D eigenvalue weighted by Crippen LogP contribution is 2.27. The summed E-state index contributed by atoms with van der Waals surface area (Å²) in [5.74, 6) is 0. The normalized spacial score (nSPS) is 26.4. The van der Waals surface area contributed by atoms with Crippen molar-refractivity contribution in [3.8, 4) is 0 Å². The monoisotopic (exact) mass is 274 g/mol. The van der Waals surface area contributed by atoms with E-state index >= 15 is 0 Å². The Morgan fingerprint density at radius 1 is 0.947 bits per heavy atom. The predicted octanol–water partition coefficient (Wildman–Crippen LogP) is 2.53. The fourth-order valence-electron chi connectivity index (χ4n) is 2.32. The third-order valence-electron chi connectivity index (χ3n) is 3.65. The number of rotatable bonds is 12. The number of aliphatic hydroxyl groups is 1. The Bertz CT molecular complexity index is 210. The molecule has 19 heavy (non-hydrogen) atoms. The molecule has 0 aromatic carbocycles. The van der Waals surface area contributed by atoms with Crippen molar-refractivity contribution < 1.29 is 19.3 Å². The average molecular weight is 274 g/mol. The van der Waals surface area contributed by atoms with Crippen molar-refractivity contribution in [2.45, 2.75) is 70.2 Å². The lowest BCUT2D eigenvalue weighted by atomic mass is 9.88. The van der Waals surface area contributed by atoms with Gasteiger partial charge in [-0.3, -0.25) is 0 Å². The van der Waals surface area contributed by atoms with Gasteiger partial charge in [0.2, 0.25) is 0 Å². The molecule has 1 saturated carbocycles. The third kappa shape index (κ3) is 6.70. The summed E-state index contributed by atoms with van der Waals surface area (Å²) in [5.41, 5.74) is 0. The lowest BCUT2D eigenvalue weighted by molar-refractivity contribution is -0.195. The minimum absolute atomic E-state index is 0.0718. The summed E-state index contributed by atoms with van der Waals surface area (Å²) < 4.78 is 16.3. The van der Waals surface area contributed by atoms with Gasteiger partial charge in [0.15, 0.2) is 0 Å². The van der Waals surface area contributed by atoms with Crippen LogP contribution in [0.3, 0.4) is 0 Å². The van der Waals surface area contributed by atoms with E-state index in [2.05, 4.69) is 6.92 Å². The molecule has 0 bridgehead atoms. The van der Waals surface area contributed by atoms with Crippen LogP contribution in [0.2, 0.25) is 0 Å². The second-order valence-corrected chi connectivity index (χ2v) is 5.31. The average Bonchev–Trinajstić information content (AvgIpc) is 2.41. The van der Waals surface area contributed by atoms with Crippen LogP contribution in [0.4, 0.5) is 0 Å². The van der Waals surface area contributed by atoms with Crippen LogP contribution >= 0.6 is 0 Å². The lowest BCUT2D eigenvalue weighted by Crippen LogP contribution is -2.54. The quantitative estimate of drug-likeness (QED) is 0.556. The van der Waals surface area contributed by atoms with Crippen molar-refractivity contribution in [3.05, 3.63) is 0 Å². The van der Waals surface area contributed by atoms with E-state index in [4.69, 9.17) is 14.2 Å². The van der Waals surface area contributed by atoms with Crippen LogP contribution < -0.4 is 0 Å². The maximum Gasteiger partial charge on any atom is 0.110 e. The van der Waals surface area contributed by atoms with Crippen molar-refractivity contribution in [3.63, 3.8) is 0 Å². The Hall–Kier alpha value is -0.160. The van der Waals surface area contributed by atoms with Crippen LogP contribution in [0.5, 0.6) is 0 Å². The molecule has 0 heterocycles. The molecule has 0 aromatic rings. The van der Waals surface area contributed by atoms with Crippen molar-refractivity contribution in [1.82, 2.24) is 0 Å². The lowest BCUT2D eigenvalue weighted by Gasteiger charge is -2.40. The van der Waals surface area contributed by atoms with Crippen molar-refractivity contribution in [2.24, 2.45) is 0 Å². The molecule has 1 aliphatic rings. The van der Waals surface area contributed by atoms with Gasteiger partial charge in [0, 0.05) is 20.1 Å². The van der Waals surface area contributed by atoms with Crippen LogP contribution in [0, 0.1) is 0 Å². The van der Waals surface area contributed by atoms with E-state index in [0.717, 1.165) is 13.0 Å². The largest absolute Gasteiger partial charge is 0.390 e. The number of aliphatic hydroxyl groups excluding tert-OH is 1. The Labute approximate surface area is 117 Å². The zero-order chi connectivity index (χ0) is 13.9. The molecule has 0 amide bonds. The van der Waals surface area contributed by atoms with Gasteiger partial charge >= 0.3 is 0 Å².